The van der Waals surface area contributed by atoms with Gasteiger partial charge in [0.1, 0.15) is 5.75 Å². The van der Waals surface area contributed by atoms with Crippen molar-refractivity contribution in [1.29, 1.82) is 0 Å². The summed E-state index contributed by atoms with van der Waals surface area (Å²) in [7, 11) is 0. The van der Waals surface area contributed by atoms with E-state index in [1.807, 2.05) is 31.2 Å². The highest BCUT2D eigenvalue weighted by Crippen LogP contribution is 2.29. The molecule has 0 amide bonds. The van der Waals surface area contributed by atoms with Gasteiger partial charge in [0.25, 0.3) is 0 Å². The van der Waals surface area contributed by atoms with Crippen LogP contribution >= 0.6 is 15.9 Å². The van der Waals surface area contributed by atoms with E-state index in [-0.39, 0.29) is 0 Å². The number of hydrogen-bond acceptors (Lipinski definition) is 3. The Morgan fingerprint density at radius 2 is 2.20 bits per heavy atom. The Morgan fingerprint density at radius 3 is 3.00 bits per heavy atom. The summed E-state index contributed by atoms with van der Waals surface area (Å²) in [6.45, 7) is 2.84. The van der Waals surface area contributed by atoms with Crippen LogP contribution in [-0.4, -0.2) is 11.0 Å². The van der Waals surface area contributed by atoms with Crippen LogP contribution < -0.4 is 10.1 Å². The van der Waals surface area contributed by atoms with Crippen LogP contribution in [0.25, 0.3) is 0 Å². The molecule has 0 radical (unpaired) electrons. The highest BCUT2D eigenvalue weighted by Gasteiger charge is 2.20. The smallest absolute Gasteiger partial charge is 0.223 e. The third kappa shape index (κ3) is 3.38. The molecule has 1 aliphatic rings. The largest absolute Gasteiger partial charge is 0.438 e. The van der Waals surface area contributed by atoms with Gasteiger partial charge in [0.15, 0.2) is 0 Å². The number of ether oxygens (including phenoxy) is 1. The van der Waals surface area contributed by atoms with E-state index >= 15 is 0 Å². The fourth-order valence-corrected chi connectivity index (χ4v) is 2.32. The Balaban J connectivity index is 1.80. The zero-order chi connectivity index (χ0) is 13.9. The van der Waals surface area contributed by atoms with E-state index in [0.717, 1.165) is 27.9 Å². The molecule has 20 heavy (non-hydrogen) atoms. The number of halogens is 1. The summed E-state index contributed by atoms with van der Waals surface area (Å²) in [6, 6.07) is 10.7. The van der Waals surface area contributed by atoms with Crippen LogP contribution in [0.2, 0.25) is 0 Å². The number of aromatic nitrogens is 1. The number of rotatable bonds is 5. The zero-order valence-corrected chi connectivity index (χ0v) is 13.0. The molecule has 1 saturated carbocycles. The first-order chi connectivity index (χ1) is 9.72. The molecule has 0 spiro atoms. The molecule has 0 bridgehead atoms. The quantitative estimate of drug-likeness (QED) is 0.891. The molecule has 3 rings (SSSR count). The maximum atomic E-state index is 5.99. The molecule has 0 saturated heterocycles. The van der Waals surface area contributed by atoms with E-state index in [0.29, 0.717) is 11.9 Å². The van der Waals surface area contributed by atoms with Gasteiger partial charge in [-0.1, -0.05) is 28.1 Å². The SMILES string of the molecule is Cc1ccc(Br)cc1Oc1ncccc1CNC1CC1. The minimum atomic E-state index is 0.677. The van der Waals surface area contributed by atoms with Crippen molar-refractivity contribution >= 4 is 15.9 Å². The molecular formula is C16H17BrN2O. The Morgan fingerprint density at radius 1 is 1.35 bits per heavy atom. The maximum Gasteiger partial charge on any atom is 0.223 e. The topological polar surface area (TPSA) is 34.1 Å². The average Bonchev–Trinajstić information content (AvgIpc) is 3.26. The van der Waals surface area contributed by atoms with Gasteiger partial charge in [0.2, 0.25) is 5.88 Å². The van der Waals surface area contributed by atoms with Crippen molar-refractivity contribution < 1.29 is 4.74 Å². The normalized spacial score (nSPS) is 14.3. The first kappa shape index (κ1) is 13.6. The molecule has 3 nitrogen and oxygen atoms in total. The van der Waals surface area contributed by atoms with Crippen LogP contribution in [0.4, 0.5) is 0 Å². The van der Waals surface area contributed by atoms with Crippen molar-refractivity contribution in [2.45, 2.75) is 32.4 Å². The van der Waals surface area contributed by atoms with Crippen LogP contribution in [0.5, 0.6) is 11.6 Å². The van der Waals surface area contributed by atoms with E-state index < -0.39 is 0 Å². The summed E-state index contributed by atoms with van der Waals surface area (Å²) in [5.74, 6) is 1.52. The number of benzene rings is 1. The van der Waals surface area contributed by atoms with Crippen molar-refractivity contribution in [1.82, 2.24) is 10.3 Å². The molecule has 1 fully saturated rings. The predicted octanol–water partition coefficient (Wildman–Crippen LogP) is 4.20. The zero-order valence-electron chi connectivity index (χ0n) is 11.4. The third-order valence-corrected chi connectivity index (χ3v) is 3.86. The van der Waals surface area contributed by atoms with Crippen molar-refractivity contribution in [3.8, 4) is 11.6 Å². The molecule has 1 aromatic carbocycles. The minimum Gasteiger partial charge on any atom is -0.438 e. The molecule has 4 heteroatoms. The number of nitrogens with one attached hydrogen (secondary N) is 1. The van der Waals surface area contributed by atoms with E-state index in [2.05, 4.69) is 32.3 Å². The summed E-state index contributed by atoms with van der Waals surface area (Å²) in [6.07, 6.45) is 4.33. The second-order valence-electron chi connectivity index (χ2n) is 5.13. The second-order valence-corrected chi connectivity index (χ2v) is 6.05. The van der Waals surface area contributed by atoms with Crippen LogP contribution in [0.15, 0.2) is 41.0 Å². The van der Waals surface area contributed by atoms with E-state index in [4.69, 9.17) is 4.74 Å². The maximum absolute atomic E-state index is 5.99. The van der Waals surface area contributed by atoms with Gasteiger partial charge in [-0.25, -0.2) is 4.98 Å². The number of hydrogen-bond donors (Lipinski definition) is 1. The Hall–Kier alpha value is -1.39. The number of pyridine rings is 1. The standard InChI is InChI=1S/C16H17BrN2O/c1-11-4-5-13(17)9-15(11)20-16-12(3-2-8-18-16)10-19-14-6-7-14/h2-5,8-9,14,19H,6-7,10H2,1H3. The predicted molar refractivity (Wildman–Crippen MR) is 83.1 cm³/mol. The summed E-state index contributed by atoms with van der Waals surface area (Å²) in [5, 5.41) is 3.50. The van der Waals surface area contributed by atoms with Gasteiger partial charge in [-0.2, -0.15) is 0 Å². The Bertz CT molecular complexity index is 611. The molecule has 104 valence electrons. The van der Waals surface area contributed by atoms with Gasteiger partial charge in [-0.15, -0.1) is 0 Å². The fourth-order valence-electron chi connectivity index (χ4n) is 1.98. The average molecular weight is 333 g/mol. The summed E-state index contributed by atoms with van der Waals surface area (Å²) >= 11 is 3.47. The number of nitrogens with zero attached hydrogens (tertiary/aromatic N) is 1. The molecule has 0 atom stereocenters. The first-order valence-electron chi connectivity index (χ1n) is 6.83. The van der Waals surface area contributed by atoms with E-state index in [9.17, 15) is 0 Å². The monoisotopic (exact) mass is 332 g/mol. The Labute approximate surface area is 127 Å². The third-order valence-electron chi connectivity index (χ3n) is 3.37. The summed E-state index contributed by atoms with van der Waals surface area (Å²) in [4.78, 5) is 4.37. The second kappa shape index (κ2) is 5.94. The van der Waals surface area contributed by atoms with Crippen LogP contribution in [-0.2, 0) is 6.54 Å². The Kier molecular flexibility index (Phi) is 4.03. The van der Waals surface area contributed by atoms with Gasteiger partial charge in [-0.3, -0.25) is 0 Å². The van der Waals surface area contributed by atoms with Crippen LogP contribution in [0, 0.1) is 6.92 Å². The first-order valence-corrected chi connectivity index (χ1v) is 7.63. The lowest BCUT2D eigenvalue weighted by Crippen LogP contribution is -2.16. The highest BCUT2D eigenvalue weighted by molar-refractivity contribution is 9.10. The van der Waals surface area contributed by atoms with E-state index in [1.54, 1.807) is 6.20 Å². The van der Waals surface area contributed by atoms with Gasteiger partial charge < -0.3 is 10.1 Å². The molecular weight excluding hydrogens is 316 g/mol. The molecule has 1 N–H and O–H groups in total. The molecule has 1 aromatic heterocycles. The highest BCUT2D eigenvalue weighted by atomic mass is 79.9. The molecule has 0 unspecified atom stereocenters. The summed E-state index contributed by atoms with van der Waals surface area (Å²) in [5.41, 5.74) is 2.19. The van der Waals surface area contributed by atoms with Crippen LogP contribution in [0.1, 0.15) is 24.0 Å². The van der Waals surface area contributed by atoms with Crippen molar-refractivity contribution in [2.24, 2.45) is 0 Å². The van der Waals surface area contributed by atoms with Crippen molar-refractivity contribution in [3.05, 3.63) is 52.1 Å². The molecule has 2 aromatic rings. The van der Waals surface area contributed by atoms with Gasteiger partial charge >= 0.3 is 0 Å². The number of aryl methyl sites for hydroxylation is 1. The van der Waals surface area contributed by atoms with Gasteiger partial charge in [0, 0.05) is 28.8 Å². The van der Waals surface area contributed by atoms with Crippen molar-refractivity contribution in [3.63, 3.8) is 0 Å². The molecule has 1 aliphatic carbocycles. The molecule has 0 aliphatic heterocycles. The lowest BCUT2D eigenvalue weighted by molar-refractivity contribution is 0.449. The fraction of sp³-hybridized carbons (Fsp3) is 0.312. The minimum absolute atomic E-state index is 0.677. The lowest BCUT2D eigenvalue weighted by Gasteiger charge is -2.12. The van der Waals surface area contributed by atoms with Crippen molar-refractivity contribution in [2.75, 3.05) is 0 Å². The lowest BCUT2D eigenvalue weighted by atomic mass is 10.2. The van der Waals surface area contributed by atoms with E-state index in [1.165, 1.54) is 12.8 Å². The van der Waals surface area contributed by atoms with Gasteiger partial charge in [-0.05, 0) is 43.5 Å². The van der Waals surface area contributed by atoms with Gasteiger partial charge in [0.05, 0.1) is 0 Å². The van der Waals surface area contributed by atoms with Crippen LogP contribution in [0.3, 0.4) is 0 Å². The summed E-state index contributed by atoms with van der Waals surface area (Å²) < 4.78 is 7.00. The molecule has 1 heterocycles.